The Morgan fingerprint density at radius 3 is 2.61 bits per heavy atom. The van der Waals surface area contributed by atoms with Crippen molar-refractivity contribution in [2.24, 2.45) is 4.99 Å². The maximum atomic E-state index is 11.8. The van der Waals surface area contributed by atoms with Crippen LogP contribution < -0.4 is 10.6 Å². The van der Waals surface area contributed by atoms with Crippen LogP contribution in [0.15, 0.2) is 39.9 Å². The van der Waals surface area contributed by atoms with E-state index >= 15 is 0 Å². The highest BCUT2D eigenvalue weighted by atomic mass is 127. The highest BCUT2D eigenvalue weighted by Crippen LogP contribution is 2.19. The molecular formula is C22H32IN5O3. The molecule has 9 heteroatoms. The summed E-state index contributed by atoms with van der Waals surface area (Å²) in [6, 6.07) is 8.34. The van der Waals surface area contributed by atoms with E-state index in [1.54, 1.807) is 11.2 Å². The Labute approximate surface area is 200 Å². The molecule has 0 unspecified atom stereocenters. The zero-order valence-electron chi connectivity index (χ0n) is 18.4. The molecule has 1 aliphatic heterocycles. The lowest BCUT2D eigenvalue weighted by molar-refractivity contribution is 0.0963. The van der Waals surface area contributed by atoms with E-state index in [9.17, 15) is 4.79 Å². The van der Waals surface area contributed by atoms with Crippen LogP contribution in [0.2, 0.25) is 0 Å². The molecule has 8 nitrogen and oxygen atoms in total. The topological polar surface area (TPSA) is 92.0 Å². The van der Waals surface area contributed by atoms with Gasteiger partial charge in [-0.3, -0.25) is 0 Å². The van der Waals surface area contributed by atoms with Crippen LogP contribution in [-0.4, -0.2) is 54.2 Å². The van der Waals surface area contributed by atoms with E-state index in [1.807, 2.05) is 38.1 Å². The Hall–Kier alpha value is -2.30. The summed E-state index contributed by atoms with van der Waals surface area (Å²) >= 11 is 0. The van der Waals surface area contributed by atoms with Gasteiger partial charge in [0.15, 0.2) is 5.96 Å². The normalized spacial score (nSPS) is 14.7. The number of ether oxygens (including phenoxy) is 1. The summed E-state index contributed by atoms with van der Waals surface area (Å²) in [5.41, 5.74) is 2.93. The summed E-state index contributed by atoms with van der Waals surface area (Å²) in [5, 5.41) is 6.74. The van der Waals surface area contributed by atoms with E-state index < -0.39 is 0 Å². The number of carbonyl (C=O) groups excluding carboxylic acids is 1. The van der Waals surface area contributed by atoms with Gasteiger partial charge in [0.05, 0.1) is 13.2 Å². The van der Waals surface area contributed by atoms with Crippen molar-refractivity contribution in [1.29, 1.82) is 0 Å². The molecular weight excluding hydrogens is 509 g/mol. The van der Waals surface area contributed by atoms with Gasteiger partial charge >= 0.3 is 6.09 Å². The number of aliphatic imine (C=N–C) groups is 1. The van der Waals surface area contributed by atoms with Gasteiger partial charge in [0.2, 0.25) is 5.89 Å². The molecule has 1 aromatic carbocycles. The van der Waals surface area contributed by atoms with E-state index in [0.29, 0.717) is 32.1 Å². The van der Waals surface area contributed by atoms with Crippen LogP contribution in [0.4, 0.5) is 4.79 Å². The van der Waals surface area contributed by atoms with Gasteiger partial charge in [-0.25, -0.2) is 14.8 Å². The molecule has 0 atom stereocenters. The SMILES string of the molecule is CCNC(=NCc1coc(-c2ccc(C)cc2)n1)NC1CCN(C(=O)OCC)CC1.I. The van der Waals surface area contributed by atoms with Crippen LogP contribution in [0.5, 0.6) is 0 Å². The lowest BCUT2D eigenvalue weighted by Gasteiger charge is -2.32. The second-order valence-electron chi connectivity index (χ2n) is 7.31. The first kappa shape index (κ1) is 25.0. The quantitative estimate of drug-likeness (QED) is 0.327. The van der Waals surface area contributed by atoms with Crippen LogP contribution in [0.3, 0.4) is 0 Å². The zero-order valence-corrected chi connectivity index (χ0v) is 20.7. The summed E-state index contributed by atoms with van der Waals surface area (Å²) in [6.07, 6.45) is 3.13. The first-order valence-electron chi connectivity index (χ1n) is 10.6. The lowest BCUT2D eigenvalue weighted by Crippen LogP contribution is -2.49. The molecule has 0 radical (unpaired) electrons. The van der Waals surface area contributed by atoms with E-state index in [-0.39, 0.29) is 36.1 Å². The van der Waals surface area contributed by atoms with E-state index in [1.165, 1.54) is 5.56 Å². The standard InChI is InChI=1S/C22H31N5O3.HI/c1-4-23-21(26-18-10-12-27(13-11-18)22(28)29-5-2)24-14-19-15-30-20(25-19)17-8-6-16(3)7-9-17;/h6-9,15,18H,4-5,10-14H2,1-3H3,(H2,23,24,26);1H. The number of rotatable bonds is 6. The van der Waals surface area contributed by atoms with Gasteiger partial charge in [-0.15, -0.1) is 24.0 Å². The molecule has 2 aromatic rings. The van der Waals surface area contributed by atoms with Gasteiger partial charge in [-0.1, -0.05) is 17.7 Å². The van der Waals surface area contributed by atoms with E-state index in [4.69, 9.17) is 9.15 Å². The number of carbonyl (C=O) groups is 1. The molecule has 1 aliphatic rings. The number of hydrogen-bond acceptors (Lipinski definition) is 5. The molecule has 1 fully saturated rings. The summed E-state index contributed by atoms with van der Waals surface area (Å²) in [7, 11) is 0. The number of guanidine groups is 1. The average Bonchev–Trinajstić information content (AvgIpc) is 3.22. The molecule has 31 heavy (non-hydrogen) atoms. The first-order valence-corrected chi connectivity index (χ1v) is 10.6. The second kappa shape index (κ2) is 12.5. The molecule has 0 spiro atoms. The number of amides is 1. The molecule has 0 saturated carbocycles. The van der Waals surface area contributed by atoms with Crippen molar-refractivity contribution in [3.05, 3.63) is 41.8 Å². The molecule has 0 bridgehead atoms. The Bertz CT molecular complexity index is 845. The fourth-order valence-electron chi connectivity index (χ4n) is 3.30. The summed E-state index contributed by atoms with van der Waals surface area (Å²) in [5.74, 6) is 1.34. The van der Waals surface area contributed by atoms with Gasteiger partial charge in [0.1, 0.15) is 12.0 Å². The molecule has 1 aromatic heterocycles. The van der Waals surface area contributed by atoms with Crippen molar-refractivity contribution in [1.82, 2.24) is 20.5 Å². The van der Waals surface area contributed by atoms with Gasteiger partial charge < -0.3 is 24.7 Å². The molecule has 1 amide bonds. The van der Waals surface area contributed by atoms with E-state index in [0.717, 1.165) is 36.6 Å². The summed E-state index contributed by atoms with van der Waals surface area (Å²) in [4.78, 5) is 22.8. The average molecular weight is 541 g/mol. The highest BCUT2D eigenvalue weighted by molar-refractivity contribution is 14.0. The predicted octanol–water partition coefficient (Wildman–Crippen LogP) is 3.94. The largest absolute Gasteiger partial charge is 0.450 e. The number of piperidine rings is 1. The zero-order chi connectivity index (χ0) is 21.3. The smallest absolute Gasteiger partial charge is 0.409 e. The predicted molar refractivity (Wildman–Crippen MR) is 132 cm³/mol. The third kappa shape index (κ3) is 7.41. The number of benzene rings is 1. The number of halogens is 1. The maximum Gasteiger partial charge on any atom is 0.409 e. The third-order valence-electron chi connectivity index (χ3n) is 4.96. The van der Waals surface area contributed by atoms with Gasteiger partial charge in [-0.05, 0) is 45.7 Å². The van der Waals surface area contributed by atoms with Crippen molar-refractivity contribution in [3.63, 3.8) is 0 Å². The third-order valence-corrected chi connectivity index (χ3v) is 4.96. The molecule has 170 valence electrons. The maximum absolute atomic E-state index is 11.8. The van der Waals surface area contributed by atoms with Crippen LogP contribution in [0.25, 0.3) is 11.5 Å². The van der Waals surface area contributed by atoms with Gasteiger partial charge in [0, 0.05) is 31.2 Å². The van der Waals surface area contributed by atoms with Crippen molar-refractivity contribution in [2.75, 3.05) is 26.2 Å². The molecule has 2 N–H and O–H groups in total. The second-order valence-corrected chi connectivity index (χ2v) is 7.31. The monoisotopic (exact) mass is 541 g/mol. The number of nitrogens with zero attached hydrogens (tertiary/aromatic N) is 3. The molecule has 0 aliphatic carbocycles. The first-order chi connectivity index (χ1) is 14.6. The number of aryl methyl sites for hydroxylation is 1. The van der Waals surface area contributed by atoms with Gasteiger partial charge in [-0.2, -0.15) is 0 Å². The number of oxazole rings is 1. The fraction of sp³-hybridized carbons (Fsp3) is 0.500. The van der Waals surface area contributed by atoms with Crippen LogP contribution in [0.1, 0.15) is 37.9 Å². The minimum absolute atomic E-state index is 0. The van der Waals surface area contributed by atoms with Gasteiger partial charge in [0.25, 0.3) is 0 Å². The number of hydrogen-bond donors (Lipinski definition) is 2. The Kier molecular flexibility index (Phi) is 10.1. The van der Waals surface area contributed by atoms with Crippen LogP contribution in [0, 0.1) is 6.92 Å². The molecule has 3 rings (SSSR count). The Morgan fingerprint density at radius 2 is 1.97 bits per heavy atom. The molecule has 2 heterocycles. The van der Waals surface area contributed by atoms with Crippen molar-refractivity contribution in [3.8, 4) is 11.5 Å². The highest BCUT2D eigenvalue weighted by Gasteiger charge is 2.24. The summed E-state index contributed by atoms with van der Waals surface area (Å²) in [6.45, 7) is 8.86. The Balaban J connectivity index is 0.00000341. The Morgan fingerprint density at radius 1 is 1.26 bits per heavy atom. The fourth-order valence-corrected chi connectivity index (χ4v) is 3.30. The number of likely N-dealkylation sites (tertiary alicyclic amines) is 1. The van der Waals surface area contributed by atoms with Crippen molar-refractivity contribution < 1.29 is 13.9 Å². The minimum atomic E-state index is -0.230. The van der Waals surface area contributed by atoms with Crippen LogP contribution in [-0.2, 0) is 11.3 Å². The number of nitrogens with one attached hydrogen (secondary N) is 2. The van der Waals surface area contributed by atoms with Crippen LogP contribution >= 0.6 is 24.0 Å². The number of aromatic nitrogens is 1. The van der Waals surface area contributed by atoms with E-state index in [2.05, 4.69) is 27.5 Å². The molecule has 1 saturated heterocycles. The van der Waals surface area contributed by atoms with Crippen molar-refractivity contribution >= 4 is 36.0 Å². The summed E-state index contributed by atoms with van der Waals surface area (Å²) < 4.78 is 10.7. The lowest BCUT2D eigenvalue weighted by atomic mass is 10.1. The minimum Gasteiger partial charge on any atom is -0.450 e. The van der Waals surface area contributed by atoms with Crippen molar-refractivity contribution in [2.45, 2.75) is 46.2 Å².